The van der Waals surface area contributed by atoms with Gasteiger partial charge >= 0.3 is 0 Å². The van der Waals surface area contributed by atoms with E-state index in [1.54, 1.807) is 12.4 Å². The van der Waals surface area contributed by atoms with Crippen molar-refractivity contribution in [3.63, 3.8) is 0 Å². The van der Waals surface area contributed by atoms with Crippen LogP contribution in [0.15, 0.2) is 36.9 Å². The molecule has 0 aliphatic carbocycles. The monoisotopic (exact) mass is 355 g/mol. The Morgan fingerprint density at radius 2 is 2.31 bits per heavy atom. The molecule has 3 atom stereocenters. The first-order chi connectivity index (χ1) is 12.7. The molecule has 4 rings (SSSR count). The number of likely N-dealkylation sites (tertiary alicyclic amines) is 1. The fourth-order valence-electron chi connectivity index (χ4n) is 3.92. The molecular formula is C19H25N5O2. The van der Waals surface area contributed by atoms with Crippen LogP contribution in [-0.4, -0.2) is 50.9 Å². The summed E-state index contributed by atoms with van der Waals surface area (Å²) < 4.78 is 7.93. The zero-order chi connectivity index (χ0) is 17.9. The smallest absolute Gasteiger partial charge is 0.249 e. The standard InChI is InChI=1S/C19H25N5O2/c1-23-11-15(10-22-23)12-24-6-4-16-7-17(26-18(16)13-24)19(25)21-9-14-3-2-5-20-8-14/h2-3,5,8,10-11,16-18H,4,6-7,9,12-13H2,1H3,(H,21,25)/t16-,17-,18+/m1/s1. The molecule has 2 saturated heterocycles. The number of rotatable bonds is 5. The highest BCUT2D eigenvalue weighted by Crippen LogP contribution is 2.33. The lowest BCUT2D eigenvalue weighted by Crippen LogP contribution is -2.42. The van der Waals surface area contributed by atoms with Gasteiger partial charge in [0, 0.05) is 50.8 Å². The third kappa shape index (κ3) is 3.94. The predicted molar refractivity (Wildman–Crippen MR) is 96.0 cm³/mol. The van der Waals surface area contributed by atoms with E-state index >= 15 is 0 Å². The summed E-state index contributed by atoms with van der Waals surface area (Å²) in [6.45, 7) is 3.31. The first-order valence-corrected chi connectivity index (χ1v) is 9.19. The van der Waals surface area contributed by atoms with E-state index in [1.807, 2.05) is 30.1 Å². The number of ether oxygens (including phenoxy) is 1. The lowest BCUT2D eigenvalue weighted by molar-refractivity contribution is -0.133. The number of nitrogens with one attached hydrogen (secondary N) is 1. The van der Waals surface area contributed by atoms with Crippen LogP contribution < -0.4 is 5.32 Å². The van der Waals surface area contributed by atoms with Crippen LogP contribution in [0.2, 0.25) is 0 Å². The first kappa shape index (κ1) is 17.2. The van der Waals surface area contributed by atoms with Gasteiger partial charge in [-0.15, -0.1) is 0 Å². The molecule has 4 heterocycles. The van der Waals surface area contributed by atoms with Crippen molar-refractivity contribution in [1.29, 1.82) is 0 Å². The topological polar surface area (TPSA) is 72.3 Å². The molecule has 7 heteroatoms. The summed E-state index contributed by atoms with van der Waals surface area (Å²) >= 11 is 0. The van der Waals surface area contributed by atoms with Gasteiger partial charge in [-0.1, -0.05) is 6.07 Å². The molecule has 7 nitrogen and oxygen atoms in total. The zero-order valence-corrected chi connectivity index (χ0v) is 15.0. The van der Waals surface area contributed by atoms with Crippen molar-refractivity contribution in [3.05, 3.63) is 48.0 Å². The average Bonchev–Trinajstić information content (AvgIpc) is 3.26. The van der Waals surface area contributed by atoms with Gasteiger partial charge in [0.15, 0.2) is 0 Å². The van der Waals surface area contributed by atoms with Gasteiger partial charge in [-0.3, -0.25) is 19.4 Å². The van der Waals surface area contributed by atoms with Gasteiger partial charge in [0.05, 0.1) is 12.3 Å². The van der Waals surface area contributed by atoms with E-state index in [2.05, 4.69) is 26.5 Å². The van der Waals surface area contributed by atoms with Gasteiger partial charge in [-0.25, -0.2) is 0 Å². The van der Waals surface area contributed by atoms with Crippen molar-refractivity contribution < 1.29 is 9.53 Å². The Balaban J connectivity index is 1.28. The molecule has 0 unspecified atom stereocenters. The molecule has 2 aromatic heterocycles. The number of hydrogen-bond donors (Lipinski definition) is 1. The van der Waals surface area contributed by atoms with Gasteiger partial charge in [0.2, 0.25) is 5.91 Å². The summed E-state index contributed by atoms with van der Waals surface area (Å²) in [7, 11) is 1.94. The van der Waals surface area contributed by atoms with E-state index in [4.69, 9.17) is 4.74 Å². The molecule has 138 valence electrons. The molecule has 2 aliphatic rings. The van der Waals surface area contributed by atoms with Gasteiger partial charge in [-0.05, 0) is 36.9 Å². The molecule has 26 heavy (non-hydrogen) atoms. The molecule has 0 radical (unpaired) electrons. The van der Waals surface area contributed by atoms with Crippen molar-refractivity contribution >= 4 is 5.91 Å². The first-order valence-electron chi connectivity index (χ1n) is 9.19. The van der Waals surface area contributed by atoms with Gasteiger partial charge in [0.25, 0.3) is 0 Å². The van der Waals surface area contributed by atoms with Crippen molar-refractivity contribution in [3.8, 4) is 0 Å². The van der Waals surface area contributed by atoms with E-state index < -0.39 is 0 Å². The van der Waals surface area contributed by atoms with Crippen LogP contribution in [-0.2, 0) is 29.7 Å². The van der Waals surface area contributed by atoms with Crippen molar-refractivity contribution in [1.82, 2.24) is 25.0 Å². The second kappa shape index (κ2) is 7.55. The van der Waals surface area contributed by atoms with Crippen LogP contribution in [0.5, 0.6) is 0 Å². The summed E-state index contributed by atoms with van der Waals surface area (Å²) in [6, 6.07) is 3.83. The number of fused-ring (bicyclic) bond motifs is 1. The molecule has 0 spiro atoms. The Hall–Kier alpha value is -2.25. The summed E-state index contributed by atoms with van der Waals surface area (Å²) in [4.78, 5) is 18.9. The highest BCUT2D eigenvalue weighted by Gasteiger charge is 2.41. The third-order valence-corrected chi connectivity index (χ3v) is 5.28. The highest BCUT2D eigenvalue weighted by molar-refractivity contribution is 5.81. The van der Waals surface area contributed by atoms with Crippen LogP contribution in [0, 0.1) is 5.92 Å². The number of piperidine rings is 1. The van der Waals surface area contributed by atoms with Gasteiger partial charge < -0.3 is 10.1 Å². The van der Waals surface area contributed by atoms with E-state index in [9.17, 15) is 4.79 Å². The summed E-state index contributed by atoms with van der Waals surface area (Å²) in [5, 5.41) is 7.21. The number of carbonyl (C=O) groups is 1. The molecule has 2 aromatic rings. The maximum Gasteiger partial charge on any atom is 0.249 e. The van der Waals surface area contributed by atoms with Gasteiger partial charge in [-0.2, -0.15) is 5.10 Å². The van der Waals surface area contributed by atoms with E-state index in [0.717, 1.165) is 38.0 Å². The number of aryl methyl sites for hydroxylation is 1. The van der Waals surface area contributed by atoms with E-state index in [-0.39, 0.29) is 18.1 Å². The minimum absolute atomic E-state index is 0.0120. The SMILES string of the molecule is Cn1cc(CN2CC[C@@H]3C[C@H](C(=O)NCc4cccnc4)O[C@H]3C2)cn1. The maximum absolute atomic E-state index is 12.5. The molecule has 2 fully saturated rings. The molecule has 0 bridgehead atoms. The number of hydrogen-bond acceptors (Lipinski definition) is 5. The van der Waals surface area contributed by atoms with Crippen LogP contribution in [0.4, 0.5) is 0 Å². The largest absolute Gasteiger partial charge is 0.364 e. The highest BCUT2D eigenvalue weighted by atomic mass is 16.5. The van der Waals surface area contributed by atoms with E-state index in [1.165, 1.54) is 5.56 Å². The quantitative estimate of drug-likeness (QED) is 0.870. The van der Waals surface area contributed by atoms with Crippen LogP contribution >= 0.6 is 0 Å². The summed E-state index contributed by atoms with van der Waals surface area (Å²) in [6.07, 6.45) is 9.18. The zero-order valence-electron chi connectivity index (χ0n) is 15.0. The van der Waals surface area contributed by atoms with Crippen molar-refractivity contribution in [2.45, 2.75) is 38.1 Å². The fourth-order valence-corrected chi connectivity index (χ4v) is 3.92. The lowest BCUT2D eigenvalue weighted by Gasteiger charge is -2.33. The number of carbonyl (C=O) groups excluding carboxylic acids is 1. The fraction of sp³-hybridized carbons (Fsp3) is 0.526. The Bertz CT molecular complexity index is 747. The number of amides is 1. The minimum atomic E-state index is -0.333. The van der Waals surface area contributed by atoms with Crippen LogP contribution in [0.25, 0.3) is 0 Å². The Labute approximate surface area is 153 Å². The van der Waals surface area contributed by atoms with Crippen molar-refractivity contribution in [2.24, 2.45) is 13.0 Å². The van der Waals surface area contributed by atoms with Gasteiger partial charge in [0.1, 0.15) is 6.10 Å². The van der Waals surface area contributed by atoms with Crippen LogP contribution in [0.3, 0.4) is 0 Å². The molecule has 1 amide bonds. The normalized spacial score (nSPS) is 25.8. The summed E-state index contributed by atoms with van der Waals surface area (Å²) in [5.74, 6) is 0.469. The molecule has 0 aromatic carbocycles. The molecule has 1 N–H and O–H groups in total. The number of aromatic nitrogens is 3. The second-order valence-electron chi connectivity index (χ2n) is 7.28. The van der Waals surface area contributed by atoms with Crippen LogP contribution in [0.1, 0.15) is 24.0 Å². The third-order valence-electron chi connectivity index (χ3n) is 5.28. The molecule has 2 aliphatic heterocycles. The Morgan fingerprint density at radius 1 is 1.38 bits per heavy atom. The molecular weight excluding hydrogens is 330 g/mol. The summed E-state index contributed by atoms with van der Waals surface area (Å²) in [5.41, 5.74) is 2.22. The minimum Gasteiger partial charge on any atom is -0.364 e. The lowest BCUT2D eigenvalue weighted by atomic mass is 9.91. The molecule has 0 saturated carbocycles. The average molecular weight is 355 g/mol. The van der Waals surface area contributed by atoms with Crippen molar-refractivity contribution in [2.75, 3.05) is 13.1 Å². The Kier molecular flexibility index (Phi) is 4.99. The second-order valence-corrected chi connectivity index (χ2v) is 7.28. The maximum atomic E-state index is 12.5. The predicted octanol–water partition coefficient (Wildman–Crippen LogP) is 1.11. The number of pyridine rings is 1. The Morgan fingerprint density at radius 3 is 3.08 bits per heavy atom. The van der Waals surface area contributed by atoms with E-state index in [0.29, 0.717) is 12.5 Å². The number of nitrogens with zero attached hydrogens (tertiary/aromatic N) is 4.